The number of aromatic amines is 1. The van der Waals surface area contributed by atoms with E-state index in [9.17, 15) is 0 Å². The van der Waals surface area contributed by atoms with Gasteiger partial charge < -0.3 is 9.72 Å². The van der Waals surface area contributed by atoms with Gasteiger partial charge in [0.2, 0.25) is 0 Å². The number of H-pyrrole nitrogens is 1. The van der Waals surface area contributed by atoms with E-state index in [1.807, 2.05) is 42.6 Å². The molecule has 0 unspecified atom stereocenters. The minimum Gasteiger partial charge on any atom is -0.497 e. The van der Waals surface area contributed by atoms with Gasteiger partial charge in [0, 0.05) is 39.7 Å². The number of anilines is 1. The van der Waals surface area contributed by atoms with Crippen LogP contribution in [0.4, 0.5) is 5.82 Å². The van der Waals surface area contributed by atoms with Crippen LogP contribution in [0.15, 0.2) is 71.5 Å². The van der Waals surface area contributed by atoms with E-state index in [1.165, 1.54) is 0 Å². The van der Waals surface area contributed by atoms with Gasteiger partial charge in [-0.2, -0.15) is 5.10 Å². The SMILES string of the molecule is COc1ccc2c(/C=N\Nc3ncnc4scc(-c5ccccc5)c34)c[nH]c2c1. The lowest BCUT2D eigenvalue weighted by Crippen LogP contribution is -1.95. The standard InChI is InChI=1S/C22H17N5OS/c1-28-16-7-8-17-15(10-23-19(17)9-16)11-26-27-21-20-18(14-5-3-2-4-6-14)12-29-22(20)25-13-24-21/h2-13,23H,1H3,(H,24,25,27)/b26-11-. The molecule has 7 heteroatoms. The molecule has 2 aromatic carbocycles. The number of thiophene rings is 1. The van der Waals surface area contributed by atoms with Gasteiger partial charge in [0.15, 0.2) is 5.82 Å². The van der Waals surface area contributed by atoms with Gasteiger partial charge in [0.05, 0.1) is 18.7 Å². The second-order valence-electron chi connectivity index (χ2n) is 6.44. The summed E-state index contributed by atoms with van der Waals surface area (Å²) in [7, 11) is 1.66. The van der Waals surface area contributed by atoms with Crippen molar-refractivity contribution in [3.8, 4) is 16.9 Å². The van der Waals surface area contributed by atoms with Gasteiger partial charge in [0.25, 0.3) is 0 Å². The van der Waals surface area contributed by atoms with Gasteiger partial charge in [-0.1, -0.05) is 30.3 Å². The van der Waals surface area contributed by atoms with Crippen LogP contribution in [-0.4, -0.2) is 28.3 Å². The van der Waals surface area contributed by atoms with E-state index < -0.39 is 0 Å². The first-order valence-electron chi connectivity index (χ1n) is 9.05. The summed E-state index contributed by atoms with van der Waals surface area (Å²) in [6.07, 6.45) is 5.27. The van der Waals surface area contributed by atoms with E-state index in [2.05, 4.69) is 43.0 Å². The number of fused-ring (bicyclic) bond motifs is 2. The van der Waals surface area contributed by atoms with Crippen LogP contribution >= 0.6 is 11.3 Å². The van der Waals surface area contributed by atoms with E-state index in [0.717, 1.165) is 43.6 Å². The summed E-state index contributed by atoms with van der Waals surface area (Å²) in [4.78, 5) is 13.0. The molecule has 3 aromatic heterocycles. The minimum atomic E-state index is 0.688. The number of nitrogens with zero attached hydrogens (tertiary/aromatic N) is 3. The van der Waals surface area contributed by atoms with E-state index >= 15 is 0 Å². The molecule has 0 aliphatic rings. The molecule has 2 N–H and O–H groups in total. The zero-order chi connectivity index (χ0) is 19.6. The number of ether oxygens (including phenoxy) is 1. The van der Waals surface area contributed by atoms with E-state index in [-0.39, 0.29) is 0 Å². The number of rotatable bonds is 5. The molecular weight excluding hydrogens is 382 g/mol. The van der Waals surface area contributed by atoms with Gasteiger partial charge in [-0.05, 0) is 17.7 Å². The average molecular weight is 399 g/mol. The van der Waals surface area contributed by atoms with Crippen LogP contribution in [0.2, 0.25) is 0 Å². The summed E-state index contributed by atoms with van der Waals surface area (Å²) in [6.45, 7) is 0. The van der Waals surface area contributed by atoms with Crippen molar-refractivity contribution in [2.24, 2.45) is 5.10 Å². The van der Waals surface area contributed by atoms with Crippen molar-refractivity contribution in [3.63, 3.8) is 0 Å². The van der Waals surface area contributed by atoms with Gasteiger partial charge in [-0.3, -0.25) is 5.43 Å². The smallest absolute Gasteiger partial charge is 0.159 e. The van der Waals surface area contributed by atoms with Gasteiger partial charge >= 0.3 is 0 Å². The zero-order valence-corrected chi connectivity index (χ0v) is 16.4. The van der Waals surface area contributed by atoms with Crippen molar-refractivity contribution < 1.29 is 4.74 Å². The number of hydrogen-bond acceptors (Lipinski definition) is 6. The normalized spacial score (nSPS) is 11.5. The Balaban J connectivity index is 1.47. The first-order chi connectivity index (χ1) is 14.3. The number of hydrazone groups is 1. The van der Waals surface area contributed by atoms with Crippen molar-refractivity contribution in [1.82, 2.24) is 15.0 Å². The number of aromatic nitrogens is 3. The third-order valence-corrected chi connectivity index (χ3v) is 5.64. The highest BCUT2D eigenvalue weighted by Crippen LogP contribution is 2.36. The Bertz CT molecular complexity index is 1320. The molecule has 0 spiro atoms. The third-order valence-electron chi connectivity index (χ3n) is 4.75. The predicted octanol–water partition coefficient (Wildman–Crippen LogP) is 5.29. The Morgan fingerprint density at radius 1 is 1.14 bits per heavy atom. The van der Waals surface area contributed by atoms with E-state index in [0.29, 0.717) is 5.82 Å². The maximum Gasteiger partial charge on any atom is 0.159 e. The van der Waals surface area contributed by atoms with Crippen LogP contribution in [0.3, 0.4) is 0 Å². The van der Waals surface area contributed by atoms with Crippen LogP contribution in [0.25, 0.3) is 32.2 Å². The predicted molar refractivity (Wildman–Crippen MR) is 119 cm³/mol. The third kappa shape index (κ3) is 3.21. The Kier molecular flexibility index (Phi) is 4.42. The fourth-order valence-corrected chi connectivity index (χ4v) is 4.23. The molecule has 0 amide bonds. The molecule has 0 bridgehead atoms. The number of nitrogens with one attached hydrogen (secondary N) is 2. The molecule has 142 valence electrons. The van der Waals surface area contributed by atoms with Crippen molar-refractivity contribution in [3.05, 3.63) is 72.0 Å². The van der Waals surface area contributed by atoms with Crippen LogP contribution in [0, 0.1) is 0 Å². The van der Waals surface area contributed by atoms with Crippen LogP contribution in [-0.2, 0) is 0 Å². The summed E-state index contributed by atoms with van der Waals surface area (Å²) in [5.41, 5.74) is 7.31. The van der Waals surface area contributed by atoms with Crippen LogP contribution < -0.4 is 10.2 Å². The Morgan fingerprint density at radius 3 is 2.90 bits per heavy atom. The number of benzene rings is 2. The maximum absolute atomic E-state index is 5.27. The molecule has 0 atom stereocenters. The largest absolute Gasteiger partial charge is 0.497 e. The second-order valence-corrected chi connectivity index (χ2v) is 7.30. The summed E-state index contributed by atoms with van der Waals surface area (Å²) in [6, 6.07) is 16.2. The summed E-state index contributed by atoms with van der Waals surface area (Å²) in [5, 5.41) is 8.59. The molecule has 5 rings (SSSR count). The minimum absolute atomic E-state index is 0.688. The molecule has 0 fully saturated rings. The van der Waals surface area contributed by atoms with Gasteiger partial charge in [0.1, 0.15) is 16.9 Å². The lowest BCUT2D eigenvalue weighted by Gasteiger charge is -2.04. The first kappa shape index (κ1) is 17.4. The highest BCUT2D eigenvalue weighted by atomic mass is 32.1. The lowest BCUT2D eigenvalue weighted by atomic mass is 10.1. The molecular formula is C22H17N5OS. The Labute approximate surface area is 170 Å². The average Bonchev–Trinajstić information content (AvgIpc) is 3.39. The molecule has 0 saturated carbocycles. The van der Waals surface area contributed by atoms with Crippen molar-refractivity contribution in [2.45, 2.75) is 0 Å². The van der Waals surface area contributed by atoms with Crippen LogP contribution in [0.5, 0.6) is 5.75 Å². The number of hydrogen-bond donors (Lipinski definition) is 2. The lowest BCUT2D eigenvalue weighted by molar-refractivity contribution is 0.415. The highest BCUT2D eigenvalue weighted by Gasteiger charge is 2.12. The molecule has 3 heterocycles. The fraction of sp³-hybridized carbons (Fsp3) is 0.0455. The monoisotopic (exact) mass is 399 g/mol. The first-order valence-corrected chi connectivity index (χ1v) is 9.93. The van der Waals surface area contributed by atoms with Crippen molar-refractivity contribution >= 4 is 44.5 Å². The second kappa shape index (κ2) is 7.37. The topological polar surface area (TPSA) is 75.2 Å². The fourth-order valence-electron chi connectivity index (χ4n) is 3.31. The molecule has 0 aliphatic heterocycles. The zero-order valence-electron chi connectivity index (χ0n) is 15.6. The highest BCUT2D eigenvalue weighted by molar-refractivity contribution is 7.17. The maximum atomic E-state index is 5.27. The molecule has 0 radical (unpaired) electrons. The number of methoxy groups -OCH3 is 1. The van der Waals surface area contributed by atoms with Gasteiger partial charge in [-0.15, -0.1) is 11.3 Å². The molecule has 5 aromatic rings. The quantitative estimate of drug-likeness (QED) is 0.311. The van der Waals surface area contributed by atoms with Crippen molar-refractivity contribution in [2.75, 3.05) is 12.5 Å². The van der Waals surface area contributed by atoms with Gasteiger partial charge in [-0.25, -0.2) is 9.97 Å². The Morgan fingerprint density at radius 2 is 2.03 bits per heavy atom. The summed E-state index contributed by atoms with van der Waals surface area (Å²) in [5.74, 6) is 1.50. The molecule has 0 saturated heterocycles. The molecule has 29 heavy (non-hydrogen) atoms. The molecule has 6 nitrogen and oxygen atoms in total. The van der Waals surface area contributed by atoms with Crippen LogP contribution in [0.1, 0.15) is 5.56 Å². The van der Waals surface area contributed by atoms with Crippen molar-refractivity contribution in [1.29, 1.82) is 0 Å². The summed E-state index contributed by atoms with van der Waals surface area (Å²) < 4.78 is 5.27. The van der Waals surface area contributed by atoms with E-state index in [4.69, 9.17) is 4.74 Å². The molecule has 0 aliphatic carbocycles. The van der Waals surface area contributed by atoms with E-state index in [1.54, 1.807) is 31.0 Å². The summed E-state index contributed by atoms with van der Waals surface area (Å²) >= 11 is 1.60. The Hall–Kier alpha value is -3.71.